The lowest BCUT2D eigenvalue weighted by Crippen LogP contribution is -2.35. The first kappa shape index (κ1) is 19.0. The topological polar surface area (TPSA) is 64.3 Å². The zero-order valence-electron chi connectivity index (χ0n) is 17.7. The lowest BCUT2D eigenvalue weighted by atomic mass is 9.65. The third kappa shape index (κ3) is 3.54. The SMILES string of the molecule is CC(C)c1ccc(Oc2ncnc(N3CC4(C)CC3CC(C)(C)C4)c2N)cc1. The van der Waals surface area contributed by atoms with E-state index in [9.17, 15) is 0 Å². The fourth-order valence-corrected chi connectivity index (χ4v) is 5.42. The summed E-state index contributed by atoms with van der Waals surface area (Å²) in [6, 6.07) is 8.60. The summed E-state index contributed by atoms with van der Waals surface area (Å²) < 4.78 is 6.02. The van der Waals surface area contributed by atoms with E-state index in [0.29, 0.717) is 34.4 Å². The number of benzene rings is 1. The predicted octanol–water partition coefficient (Wildman–Crippen LogP) is 5.38. The van der Waals surface area contributed by atoms with Crippen molar-refractivity contribution < 1.29 is 4.74 Å². The van der Waals surface area contributed by atoms with Gasteiger partial charge in [-0.25, -0.2) is 4.98 Å². The number of hydrogen-bond donors (Lipinski definition) is 1. The Balaban J connectivity index is 1.59. The van der Waals surface area contributed by atoms with Crippen LogP contribution >= 0.6 is 0 Å². The molecule has 2 unspecified atom stereocenters. The van der Waals surface area contributed by atoms with Gasteiger partial charge in [0.05, 0.1) is 0 Å². The van der Waals surface area contributed by atoms with Crippen LogP contribution in [0.3, 0.4) is 0 Å². The third-order valence-corrected chi connectivity index (χ3v) is 6.27. The van der Waals surface area contributed by atoms with E-state index in [4.69, 9.17) is 10.5 Å². The molecule has 1 aliphatic heterocycles. The molecule has 28 heavy (non-hydrogen) atoms. The summed E-state index contributed by atoms with van der Waals surface area (Å²) in [6.07, 6.45) is 5.18. The number of nitrogens with two attached hydrogens (primary N) is 1. The molecule has 2 atom stereocenters. The number of nitrogen functional groups attached to an aromatic ring is 1. The Bertz CT molecular complexity index is 861. The molecule has 1 aromatic heterocycles. The highest BCUT2D eigenvalue weighted by Gasteiger charge is 2.50. The van der Waals surface area contributed by atoms with Crippen molar-refractivity contribution in [3.8, 4) is 11.6 Å². The van der Waals surface area contributed by atoms with Gasteiger partial charge in [-0.3, -0.25) is 0 Å². The van der Waals surface area contributed by atoms with Gasteiger partial charge in [0.2, 0.25) is 5.88 Å². The molecular formula is C23H32N4O. The Kier molecular flexibility index (Phi) is 4.52. The minimum Gasteiger partial charge on any atom is -0.437 e. The molecule has 1 aromatic carbocycles. The average molecular weight is 381 g/mol. The molecule has 2 fully saturated rings. The van der Waals surface area contributed by atoms with Crippen LogP contribution in [0.25, 0.3) is 0 Å². The van der Waals surface area contributed by atoms with Gasteiger partial charge in [0.1, 0.15) is 17.8 Å². The zero-order chi connectivity index (χ0) is 20.1. The number of ether oxygens (including phenoxy) is 1. The van der Waals surface area contributed by atoms with Crippen molar-refractivity contribution in [1.82, 2.24) is 9.97 Å². The van der Waals surface area contributed by atoms with E-state index in [1.165, 1.54) is 24.8 Å². The molecule has 2 heterocycles. The van der Waals surface area contributed by atoms with Crippen LogP contribution in [0.5, 0.6) is 11.6 Å². The Morgan fingerprint density at radius 2 is 1.82 bits per heavy atom. The molecule has 2 bridgehead atoms. The number of hydrogen-bond acceptors (Lipinski definition) is 5. The normalized spacial score (nSPS) is 25.9. The van der Waals surface area contributed by atoms with Crippen molar-refractivity contribution in [3.05, 3.63) is 36.2 Å². The van der Waals surface area contributed by atoms with Gasteiger partial charge in [0, 0.05) is 12.6 Å². The van der Waals surface area contributed by atoms with E-state index < -0.39 is 0 Å². The quantitative estimate of drug-likeness (QED) is 0.771. The van der Waals surface area contributed by atoms with Gasteiger partial charge in [-0.1, -0.05) is 46.8 Å². The molecule has 2 aromatic rings. The minimum atomic E-state index is 0.317. The molecule has 4 rings (SSSR count). The summed E-state index contributed by atoms with van der Waals surface area (Å²) in [5.41, 5.74) is 8.97. The van der Waals surface area contributed by atoms with Crippen molar-refractivity contribution in [2.75, 3.05) is 17.2 Å². The maximum absolute atomic E-state index is 6.49. The smallest absolute Gasteiger partial charge is 0.248 e. The number of anilines is 2. The molecule has 0 amide bonds. The summed E-state index contributed by atoms with van der Waals surface area (Å²) in [5.74, 6) is 2.49. The van der Waals surface area contributed by atoms with Gasteiger partial charge in [-0.15, -0.1) is 0 Å². The largest absolute Gasteiger partial charge is 0.437 e. The van der Waals surface area contributed by atoms with Crippen LogP contribution in [0.15, 0.2) is 30.6 Å². The van der Waals surface area contributed by atoms with Crippen LogP contribution in [0, 0.1) is 10.8 Å². The monoisotopic (exact) mass is 380 g/mol. The summed E-state index contributed by atoms with van der Waals surface area (Å²) in [6.45, 7) is 12.5. The van der Waals surface area contributed by atoms with E-state index in [1.54, 1.807) is 6.33 Å². The Morgan fingerprint density at radius 3 is 2.50 bits per heavy atom. The lowest BCUT2D eigenvalue weighted by molar-refractivity contribution is 0.136. The molecule has 150 valence electrons. The van der Waals surface area contributed by atoms with Crippen LogP contribution < -0.4 is 15.4 Å². The van der Waals surface area contributed by atoms with Gasteiger partial charge < -0.3 is 15.4 Å². The maximum atomic E-state index is 6.49. The van der Waals surface area contributed by atoms with Gasteiger partial charge in [0.15, 0.2) is 5.82 Å². The molecular weight excluding hydrogens is 348 g/mol. The molecule has 2 N–H and O–H groups in total. The van der Waals surface area contributed by atoms with Crippen molar-refractivity contribution in [2.24, 2.45) is 10.8 Å². The molecule has 5 nitrogen and oxygen atoms in total. The summed E-state index contributed by atoms with van der Waals surface area (Å²) >= 11 is 0. The molecule has 0 spiro atoms. The van der Waals surface area contributed by atoms with Crippen molar-refractivity contribution >= 4 is 11.5 Å². The van der Waals surface area contributed by atoms with Crippen molar-refractivity contribution in [3.63, 3.8) is 0 Å². The van der Waals surface area contributed by atoms with E-state index in [2.05, 4.69) is 61.6 Å². The Labute approximate surface area is 168 Å². The van der Waals surface area contributed by atoms with E-state index >= 15 is 0 Å². The van der Waals surface area contributed by atoms with Gasteiger partial charge in [-0.2, -0.15) is 4.98 Å². The van der Waals surface area contributed by atoms with Crippen LogP contribution in [0.1, 0.15) is 65.4 Å². The average Bonchev–Trinajstić information content (AvgIpc) is 2.86. The first-order valence-corrected chi connectivity index (χ1v) is 10.3. The summed E-state index contributed by atoms with van der Waals surface area (Å²) in [4.78, 5) is 11.2. The molecule has 1 aliphatic carbocycles. The number of fused-ring (bicyclic) bond motifs is 2. The Hall–Kier alpha value is -2.30. The lowest BCUT2D eigenvalue weighted by Gasteiger charge is -2.39. The van der Waals surface area contributed by atoms with Gasteiger partial charge >= 0.3 is 0 Å². The number of nitrogens with zero attached hydrogens (tertiary/aromatic N) is 3. The molecule has 1 saturated heterocycles. The number of rotatable bonds is 4. The van der Waals surface area contributed by atoms with E-state index in [0.717, 1.165) is 18.1 Å². The number of aromatic nitrogens is 2. The second-order valence-electron chi connectivity index (χ2n) is 10.1. The van der Waals surface area contributed by atoms with Gasteiger partial charge in [-0.05, 0) is 53.7 Å². The highest BCUT2D eigenvalue weighted by atomic mass is 16.5. The first-order chi connectivity index (χ1) is 13.2. The van der Waals surface area contributed by atoms with Crippen LogP contribution in [-0.4, -0.2) is 22.6 Å². The fourth-order valence-electron chi connectivity index (χ4n) is 5.42. The second kappa shape index (κ2) is 6.64. The second-order valence-corrected chi connectivity index (χ2v) is 10.1. The predicted molar refractivity (Wildman–Crippen MR) is 114 cm³/mol. The Morgan fingerprint density at radius 1 is 1.11 bits per heavy atom. The molecule has 0 radical (unpaired) electrons. The fraction of sp³-hybridized carbons (Fsp3) is 0.565. The van der Waals surface area contributed by atoms with Crippen molar-refractivity contribution in [1.29, 1.82) is 0 Å². The molecule has 5 heteroatoms. The summed E-state index contributed by atoms with van der Waals surface area (Å²) in [5, 5.41) is 0. The van der Waals surface area contributed by atoms with Crippen LogP contribution in [0.2, 0.25) is 0 Å². The highest BCUT2D eigenvalue weighted by Crippen LogP contribution is 2.54. The van der Waals surface area contributed by atoms with E-state index in [1.807, 2.05) is 12.1 Å². The molecule has 2 aliphatic rings. The van der Waals surface area contributed by atoms with Crippen LogP contribution in [0.4, 0.5) is 11.5 Å². The third-order valence-electron chi connectivity index (χ3n) is 6.27. The van der Waals surface area contributed by atoms with Crippen molar-refractivity contribution in [2.45, 2.75) is 65.8 Å². The highest BCUT2D eigenvalue weighted by molar-refractivity contribution is 5.69. The van der Waals surface area contributed by atoms with Crippen LogP contribution in [-0.2, 0) is 0 Å². The van der Waals surface area contributed by atoms with Gasteiger partial charge in [0.25, 0.3) is 0 Å². The molecule has 1 saturated carbocycles. The summed E-state index contributed by atoms with van der Waals surface area (Å²) in [7, 11) is 0. The minimum absolute atomic E-state index is 0.317. The van der Waals surface area contributed by atoms with E-state index in [-0.39, 0.29) is 0 Å². The maximum Gasteiger partial charge on any atom is 0.248 e. The first-order valence-electron chi connectivity index (χ1n) is 10.3. The standard InChI is InChI=1S/C23H32N4O/c1-15(2)16-6-8-18(9-7-16)28-21-19(24)20(25-14-26-21)27-13-23(5)11-17(27)10-22(3,4)12-23/h6-9,14-15,17H,10-13,24H2,1-5H3. The zero-order valence-corrected chi connectivity index (χ0v) is 17.7.